The molecule has 1 N–H and O–H groups in total. The van der Waals surface area contributed by atoms with Crippen LogP contribution in [0.4, 0.5) is 0 Å². The maximum absolute atomic E-state index is 12.7. The number of ether oxygens (including phenoxy) is 2. The summed E-state index contributed by atoms with van der Waals surface area (Å²) >= 11 is 0. The van der Waals surface area contributed by atoms with E-state index in [4.69, 9.17) is 9.47 Å². The Bertz CT molecular complexity index is 543. The average molecular weight is 320 g/mol. The van der Waals surface area contributed by atoms with Crippen LogP contribution in [0.5, 0.6) is 11.5 Å². The van der Waals surface area contributed by atoms with Gasteiger partial charge in [0.1, 0.15) is 11.5 Å². The lowest BCUT2D eigenvalue weighted by Crippen LogP contribution is -2.43. The Labute approximate surface area is 136 Å². The number of methoxy groups -OCH3 is 2. The first-order valence-corrected chi connectivity index (χ1v) is 7.89. The van der Waals surface area contributed by atoms with Gasteiger partial charge in [-0.15, -0.1) is 0 Å². The van der Waals surface area contributed by atoms with Crippen molar-refractivity contribution in [1.82, 2.24) is 10.2 Å². The van der Waals surface area contributed by atoms with Crippen molar-refractivity contribution in [3.8, 4) is 11.5 Å². The predicted octanol–water partition coefficient (Wildman–Crippen LogP) is 1.69. The summed E-state index contributed by atoms with van der Waals surface area (Å²) in [7, 11) is 3.11. The van der Waals surface area contributed by atoms with Crippen LogP contribution in [0.1, 0.15) is 30.1 Å². The molecule has 0 unspecified atom stereocenters. The Kier molecular flexibility index (Phi) is 5.84. The molecule has 0 spiro atoms. The average Bonchev–Trinajstić information content (AvgIpc) is 2.60. The highest BCUT2D eigenvalue weighted by Gasteiger charge is 2.27. The van der Waals surface area contributed by atoms with Gasteiger partial charge < -0.3 is 19.7 Å². The van der Waals surface area contributed by atoms with E-state index in [9.17, 15) is 9.59 Å². The van der Waals surface area contributed by atoms with Gasteiger partial charge in [-0.05, 0) is 31.9 Å². The number of nitrogens with one attached hydrogen (secondary N) is 1. The highest BCUT2D eigenvalue weighted by molar-refractivity contribution is 5.95. The smallest absolute Gasteiger partial charge is 0.254 e. The second-order valence-electron chi connectivity index (χ2n) is 5.56. The van der Waals surface area contributed by atoms with Crippen molar-refractivity contribution in [3.05, 3.63) is 23.8 Å². The molecular formula is C17H24N2O4. The third kappa shape index (κ3) is 4.15. The summed E-state index contributed by atoms with van der Waals surface area (Å²) in [5.41, 5.74) is 0.539. The zero-order valence-corrected chi connectivity index (χ0v) is 13.9. The largest absolute Gasteiger partial charge is 0.497 e. The van der Waals surface area contributed by atoms with Crippen LogP contribution in [0.15, 0.2) is 18.2 Å². The SMILES string of the molecule is CCNC(=O)C1CCN(C(=O)c2cc(OC)cc(OC)c2)CC1. The van der Waals surface area contributed by atoms with Crippen molar-refractivity contribution in [2.24, 2.45) is 5.92 Å². The molecule has 1 heterocycles. The van der Waals surface area contributed by atoms with Gasteiger partial charge in [0.15, 0.2) is 0 Å². The zero-order valence-electron chi connectivity index (χ0n) is 13.9. The first-order valence-electron chi connectivity index (χ1n) is 7.89. The topological polar surface area (TPSA) is 67.9 Å². The number of nitrogens with zero attached hydrogens (tertiary/aromatic N) is 1. The summed E-state index contributed by atoms with van der Waals surface area (Å²) in [5.74, 6) is 1.20. The van der Waals surface area contributed by atoms with Gasteiger partial charge in [-0.2, -0.15) is 0 Å². The number of carbonyl (C=O) groups excluding carboxylic acids is 2. The standard InChI is InChI=1S/C17H24N2O4/c1-4-18-16(20)12-5-7-19(8-6-12)17(21)13-9-14(22-2)11-15(10-13)23-3/h9-12H,4-8H2,1-3H3,(H,18,20). The predicted molar refractivity (Wildman–Crippen MR) is 86.9 cm³/mol. The number of hydrogen-bond acceptors (Lipinski definition) is 4. The van der Waals surface area contributed by atoms with Crippen LogP contribution in [0.2, 0.25) is 0 Å². The van der Waals surface area contributed by atoms with Crippen molar-refractivity contribution in [2.75, 3.05) is 33.9 Å². The number of piperidine rings is 1. The summed E-state index contributed by atoms with van der Waals surface area (Å²) in [6.45, 7) is 3.72. The van der Waals surface area contributed by atoms with E-state index >= 15 is 0 Å². The molecule has 0 bridgehead atoms. The molecule has 1 aliphatic rings. The molecule has 1 aliphatic heterocycles. The Morgan fingerprint density at radius 2 is 1.70 bits per heavy atom. The van der Waals surface area contributed by atoms with Gasteiger partial charge >= 0.3 is 0 Å². The number of carbonyl (C=O) groups is 2. The van der Waals surface area contributed by atoms with Crippen LogP contribution >= 0.6 is 0 Å². The maximum atomic E-state index is 12.7. The lowest BCUT2D eigenvalue weighted by molar-refractivity contribution is -0.126. The van der Waals surface area contributed by atoms with E-state index in [-0.39, 0.29) is 17.7 Å². The fourth-order valence-electron chi connectivity index (χ4n) is 2.78. The van der Waals surface area contributed by atoms with E-state index in [2.05, 4.69) is 5.32 Å². The van der Waals surface area contributed by atoms with Crippen LogP contribution in [0.25, 0.3) is 0 Å². The molecule has 0 aromatic heterocycles. The minimum absolute atomic E-state index is 0.00107. The molecule has 0 aliphatic carbocycles. The van der Waals surface area contributed by atoms with Crippen LogP contribution < -0.4 is 14.8 Å². The molecule has 6 heteroatoms. The summed E-state index contributed by atoms with van der Waals surface area (Å²) in [5, 5.41) is 2.85. The lowest BCUT2D eigenvalue weighted by atomic mass is 9.95. The molecular weight excluding hydrogens is 296 g/mol. The quantitative estimate of drug-likeness (QED) is 0.896. The van der Waals surface area contributed by atoms with Gasteiger partial charge in [0.05, 0.1) is 14.2 Å². The number of amides is 2. The molecule has 1 saturated heterocycles. The number of benzene rings is 1. The highest BCUT2D eigenvalue weighted by Crippen LogP contribution is 2.25. The third-order valence-corrected chi connectivity index (χ3v) is 4.10. The molecule has 0 radical (unpaired) electrons. The molecule has 6 nitrogen and oxygen atoms in total. The summed E-state index contributed by atoms with van der Waals surface area (Å²) in [6.07, 6.45) is 1.39. The molecule has 2 amide bonds. The van der Waals surface area contributed by atoms with Crippen LogP contribution in [0, 0.1) is 5.92 Å². The van der Waals surface area contributed by atoms with E-state index in [1.165, 1.54) is 0 Å². The van der Waals surface area contributed by atoms with Crippen molar-refractivity contribution in [1.29, 1.82) is 0 Å². The van der Waals surface area contributed by atoms with Crippen LogP contribution in [-0.4, -0.2) is 50.6 Å². The Morgan fingerprint density at radius 1 is 1.13 bits per heavy atom. The molecule has 1 aromatic carbocycles. The Balaban J connectivity index is 2.03. The molecule has 126 valence electrons. The number of likely N-dealkylation sites (tertiary alicyclic amines) is 1. The molecule has 2 rings (SSSR count). The summed E-state index contributed by atoms with van der Waals surface area (Å²) in [4.78, 5) is 26.3. The minimum atomic E-state index is -0.0588. The van der Waals surface area contributed by atoms with Gasteiger partial charge in [0.2, 0.25) is 5.91 Å². The van der Waals surface area contributed by atoms with Gasteiger partial charge in [0.25, 0.3) is 5.91 Å². The lowest BCUT2D eigenvalue weighted by Gasteiger charge is -2.31. The number of hydrogen-bond donors (Lipinski definition) is 1. The summed E-state index contributed by atoms with van der Waals surface area (Å²) in [6, 6.07) is 5.15. The van der Waals surface area contributed by atoms with E-state index in [1.54, 1.807) is 37.3 Å². The van der Waals surface area contributed by atoms with Crippen molar-refractivity contribution < 1.29 is 19.1 Å². The van der Waals surface area contributed by atoms with Crippen molar-refractivity contribution >= 4 is 11.8 Å². The number of rotatable bonds is 5. The van der Waals surface area contributed by atoms with Gasteiger partial charge in [0, 0.05) is 37.2 Å². The van der Waals surface area contributed by atoms with Gasteiger partial charge in [-0.1, -0.05) is 0 Å². The van der Waals surface area contributed by atoms with E-state index in [0.29, 0.717) is 49.5 Å². The van der Waals surface area contributed by atoms with Gasteiger partial charge in [-0.3, -0.25) is 9.59 Å². The Hall–Kier alpha value is -2.24. The normalized spacial score (nSPS) is 15.2. The van der Waals surface area contributed by atoms with E-state index in [1.807, 2.05) is 6.92 Å². The fraction of sp³-hybridized carbons (Fsp3) is 0.529. The monoisotopic (exact) mass is 320 g/mol. The highest BCUT2D eigenvalue weighted by atomic mass is 16.5. The fourth-order valence-corrected chi connectivity index (χ4v) is 2.78. The second-order valence-corrected chi connectivity index (χ2v) is 5.56. The maximum Gasteiger partial charge on any atom is 0.254 e. The first kappa shape index (κ1) is 17.1. The molecule has 1 aromatic rings. The van der Waals surface area contributed by atoms with Gasteiger partial charge in [-0.25, -0.2) is 0 Å². The van der Waals surface area contributed by atoms with E-state index in [0.717, 1.165) is 0 Å². The zero-order chi connectivity index (χ0) is 16.8. The van der Waals surface area contributed by atoms with E-state index < -0.39 is 0 Å². The third-order valence-electron chi connectivity index (χ3n) is 4.10. The van der Waals surface area contributed by atoms with Crippen LogP contribution in [0.3, 0.4) is 0 Å². The second kappa shape index (κ2) is 7.85. The molecule has 0 atom stereocenters. The molecule has 1 fully saturated rings. The molecule has 23 heavy (non-hydrogen) atoms. The first-order chi connectivity index (χ1) is 11.1. The van der Waals surface area contributed by atoms with Crippen molar-refractivity contribution in [3.63, 3.8) is 0 Å². The minimum Gasteiger partial charge on any atom is -0.497 e. The van der Waals surface area contributed by atoms with Crippen LogP contribution in [-0.2, 0) is 4.79 Å². The summed E-state index contributed by atoms with van der Waals surface area (Å²) < 4.78 is 10.4. The van der Waals surface area contributed by atoms with Crippen molar-refractivity contribution in [2.45, 2.75) is 19.8 Å². The molecule has 0 saturated carbocycles. The Morgan fingerprint density at radius 3 is 2.17 bits per heavy atom.